The van der Waals surface area contributed by atoms with Crippen LogP contribution in [-0.4, -0.2) is 44.1 Å². The van der Waals surface area contributed by atoms with Crippen LogP contribution in [0.25, 0.3) is 10.4 Å². The number of rotatable bonds is 7. The van der Waals surface area contributed by atoms with Gasteiger partial charge in [0.25, 0.3) is 0 Å². The summed E-state index contributed by atoms with van der Waals surface area (Å²) in [6, 6.07) is 0. The van der Waals surface area contributed by atoms with Crippen LogP contribution in [0.1, 0.15) is 20.8 Å². The topological polar surface area (TPSA) is 96.6 Å². The minimum atomic E-state index is -0.488. The second kappa shape index (κ2) is 8.55. The highest BCUT2D eigenvalue weighted by Gasteiger charge is 2.14. The van der Waals surface area contributed by atoms with Crippen molar-refractivity contribution in [2.75, 3.05) is 26.3 Å². The van der Waals surface area contributed by atoms with Crippen LogP contribution in [0.2, 0.25) is 0 Å². The largest absolute Gasteiger partial charge is 0.459 e. The number of aliphatic imine (C=N–C) groups is 1. The number of hydrogen-bond acceptors (Lipinski definition) is 5. The molecule has 0 fully saturated rings. The normalized spacial score (nSPS) is 11.2. The van der Waals surface area contributed by atoms with E-state index in [4.69, 9.17) is 15.0 Å². The fraction of sp³-hybridized carbons (Fsp3) is 0.800. The molecule has 0 aromatic heterocycles. The molecule has 0 spiro atoms. The van der Waals surface area contributed by atoms with Gasteiger partial charge in [-0.2, -0.15) is 0 Å². The zero-order valence-corrected chi connectivity index (χ0v) is 10.4. The Morgan fingerprint density at radius 1 is 1.47 bits per heavy atom. The lowest BCUT2D eigenvalue weighted by molar-refractivity contribution is -0.152. The van der Waals surface area contributed by atoms with Crippen molar-refractivity contribution < 1.29 is 14.3 Å². The second-order valence-corrected chi connectivity index (χ2v) is 4.14. The molecule has 96 valence electrons. The van der Waals surface area contributed by atoms with E-state index in [1.807, 2.05) is 0 Å². The summed E-state index contributed by atoms with van der Waals surface area (Å²) in [5, 5.41) is 3.30. The lowest BCUT2D eigenvalue weighted by Gasteiger charge is -2.18. The zero-order chi connectivity index (χ0) is 13.1. The molecule has 0 bridgehead atoms. The Morgan fingerprint density at radius 2 is 2.18 bits per heavy atom. The standard InChI is InChI=1S/C10H18N4O3/c1-10(2,3)17-9(15)8-12-4-6-16-7-5-13-14-11/h4H,5-8H2,1-3H3. The van der Waals surface area contributed by atoms with Gasteiger partial charge in [-0.15, -0.1) is 0 Å². The van der Waals surface area contributed by atoms with Crippen molar-refractivity contribution in [3.8, 4) is 0 Å². The second-order valence-electron chi connectivity index (χ2n) is 4.14. The molecular weight excluding hydrogens is 224 g/mol. The van der Waals surface area contributed by atoms with Crippen molar-refractivity contribution in [1.82, 2.24) is 0 Å². The number of carbonyl (C=O) groups excluding carboxylic acids is 1. The maximum Gasteiger partial charge on any atom is 0.328 e. The predicted octanol–water partition coefficient (Wildman–Crippen LogP) is 1.73. The van der Waals surface area contributed by atoms with E-state index in [1.165, 1.54) is 6.21 Å². The lowest BCUT2D eigenvalue weighted by atomic mass is 10.2. The number of carbonyl (C=O) groups is 1. The minimum absolute atomic E-state index is 0.0169. The van der Waals surface area contributed by atoms with Crippen LogP contribution >= 0.6 is 0 Å². The molecule has 0 saturated heterocycles. The van der Waals surface area contributed by atoms with E-state index in [2.05, 4.69) is 15.0 Å². The number of nitrogens with zero attached hydrogens (tertiary/aromatic N) is 4. The average molecular weight is 242 g/mol. The minimum Gasteiger partial charge on any atom is -0.459 e. The van der Waals surface area contributed by atoms with Gasteiger partial charge in [0.15, 0.2) is 0 Å². The molecule has 0 aliphatic rings. The Kier molecular flexibility index (Phi) is 7.75. The van der Waals surface area contributed by atoms with Crippen molar-refractivity contribution in [2.24, 2.45) is 10.1 Å². The third-order valence-corrected chi connectivity index (χ3v) is 1.36. The van der Waals surface area contributed by atoms with Crippen LogP contribution in [-0.2, 0) is 14.3 Å². The number of azide groups is 1. The van der Waals surface area contributed by atoms with Crippen LogP contribution < -0.4 is 0 Å². The maximum absolute atomic E-state index is 11.2. The summed E-state index contributed by atoms with van der Waals surface area (Å²) in [4.78, 5) is 17.6. The number of esters is 1. The summed E-state index contributed by atoms with van der Waals surface area (Å²) in [7, 11) is 0. The van der Waals surface area contributed by atoms with Gasteiger partial charge in [-0.25, -0.2) is 0 Å². The van der Waals surface area contributed by atoms with Crippen molar-refractivity contribution in [2.45, 2.75) is 26.4 Å². The van der Waals surface area contributed by atoms with Gasteiger partial charge >= 0.3 is 5.97 Å². The van der Waals surface area contributed by atoms with Crippen molar-refractivity contribution in [1.29, 1.82) is 0 Å². The Hall–Kier alpha value is -1.59. The highest BCUT2D eigenvalue weighted by atomic mass is 16.6. The Balaban J connectivity index is 3.54. The third kappa shape index (κ3) is 12.3. The summed E-state index contributed by atoms with van der Waals surface area (Å²) >= 11 is 0. The summed E-state index contributed by atoms with van der Waals surface area (Å²) in [5.74, 6) is -0.372. The van der Waals surface area contributed by atoms with E-state index in [1.54, 1.807) is 20.8 Å². The summed E-state index contributed by atoms with van der Waals surface area (Å²) < 4.78 is 10.1. The molecule has 0 aromatic rings. The zero-order valence-electron chi connectivity index (χ0n) is 10.4. The molecule has 0 aliphatic heterocycles. The van der Waals surface area contributed by atoms with Gasteiger partial charge in [0.1, 0.15) is 12.1 Å². The van der Waals surface area contributed by atoms with Crippen molar-refractivity contribution >= 4 is 12.2 Å². The molecule has 0 N–H and O–H groups in total. The van der Waals surface area contributed by atoms with Gasteiger partial charge in [-0.3, -0.25) is 9.79 Å². The Bertz CT molecular complexity index is 303. The maximum atomic E-state index is 11.2. The predicted molar refractivity (Wildman–Crippen MR) is 64.0 cm³/mol. The van der Waals surface area contributed by atoms with E-state index in [0.29, 0.717) is 6.61 Å². The van der Waals surface area contributed by atoms with Crippen LogP contribution in [0.4, 0.5) is 0 Å². The SMILES string of the molecule is CC(C)(C)OC(=O)CN=CCOCCN=[N+]=[N-]. The van der Waals surface area contributed by atoms with Crippen molar-refractivity contribution in [3.63, 3.8) is 0 Å². The molecular formula is C10H18N4O3. The first kappa shape index (κ1) is 15.4. The van der Waals surface area contributed by atoms with E-state index < -0.39 is 5.60 Å². The molecule has 0 amide bonds. The highest BCUT2D eigenvalue weighted by Crippen LogP contribution is 2.06. The van der Waals surface area contributed by atoms with Gasteiger partial charge in [0, 0.05) is 17.7 Å². The van der Waals surface area contributed by atoms with Crippen LogP contribution in [0, 0.1) is 0 Å². The van der Waals surface area contributed by atoms with Gasteiger partial charge in [-0.05, 0) is 26.3 Å². The van der Waals surface area contributed by atoms with E-state index in [0.717, 1.165) is 0 Å². The van der Waals surface area contributed by atoms with Crippen molar-refractivity contribution in [3.05, 3.63) is 10.4 Å². The monoisotopic (exact) mass is 242 g/mol. The van der Waals surface area contributed by atoms with Gasteiger partial charge in [0.2, 0.25) is 0 Å². The molecule has 0 unspecified atom stereocenters. The van der Waals surface area contributed by atoms with Crippen LogP contribution in [0.15, 0.2) is 10.1 Å². The van der Waals surface area contributed by atoms with Gasteiger partial charge in [-0.1, -0.05) is 5.11 Å². The summed E-state index contributed by atoms with van der Waals surface area (Å²) in [5.41, 5.74) is 7.50. The molecule has 0 saturated carbocycles. The lowest BCUT2D eigenvalue weighted by Crippen LogP contribution is -2.25. The first-order valence-corrected chi connectivity index (χ1v) is 5.24. The van der Waals surface area contributed by atoms with E-state index in [9.17, 15) is 4.79 Å². The molecule has 7 nitrogen and oxygen atoms in total. The molecule has 0 radical (unpaired) electrons. The first-order valence-electron chi connectivity index (χ1n) is 5.24. The molecule has 7 heteroatoms. The van der Waals surface area contributed by atoms with E-state index >= 15 is 0 Å². The van der Waals surface area contributed by atoms with Crippen LogP contribution in [0.3, 0.4) is 0 Å². The van der Waals surface area contributed by atoms with E-state index in [-0.39, 0.29) is 25.7 Å². The molecule has 0 aliphatic carbocycles. The summed E-state index contributed by atoms with van der Waals surface area (Å²) in [6.45, 7) is 6.29. The Labute approximate surface area is 100 Å². The fourth-order valence-electron chi connectivity index (χ4n) is 0.852. The molecule has 0 heterocycles. The van der Waals surface area contributed by atoms with Gasteiger partial charge < -0.3 is 9.47 Å². The third-order valence-electron chi connectivity index (χ3n) is 1.36. The molecule has 0 rings (SSSR count). The molecule has 0 atom stereocenters. The Morgan fingerprint density at radius 3 is 2.76 bits per heavy atom. The van der Waals surface area contributed by atoms with Gasteiger partial charge in [0.05, 0.1) is 13.2 Å². The number of ether oxygens (including phenoxy) is 2. The average Bonchev–Trinajstić information content (AvgIpc) is 2.19. The number of hydrogen-bond donors (Lipinski definition) is 0. The van der Waals surface area contributed by atoms with Crippen LogP contribution in [0.5, 0.6) is 0 Å². The molecule has 0 aromatic carbocycles. The molecule has 17 heavy (non-hydrogen) atoms. The smallest absolute Gasteiger partial charge is 0.328 e. The quantitative estimate of drug-likeness (QED) is 0.170. The first-order chi connectivity index (χ1) is 7.95. The summed E-state index contributed by atoms with van der Waals surface area (Å²) in [6.07, 6.45) is 1.49. The fourth-order valence-corrected chi connectivity index (χ4v) is 0.852. The highest BCUT2D eigenvalue weighted by molar-refractivity contribution is 5.74.